The third-order valence-corrected chi connectivity index (χ3v) is 3.92. The first-order valence-electron chi connectivity index (χ1n) is 5.66. The molecule has 0 amide bonds. The zero-order chi connectivity index (χ0) is 10.5. The largest absolute Gasteiger partial charge is 0.317 e. The number of aryl methyl sites for hydroxylation is 1. The summed E-state index contributed by atoms with van der Waals surface area (Å²) in [5, 5.41) is 6.94. The molecule has 3 heteroatoms. The van der Waals surface area contributed by atoms with Crippen molar-refractivity contribution in [1.82, 2.24) is 10.3 Å². The summed E-state index contributed by atoms with van der Waals surface area (Å²) >= 11 is 1.83. The van der Waals surface area contributed by atoms with Crippen LogP contribution in [0.5, 0.6) is 0 Å². The maximum atomic E-state index is 4.71. The van der Waals surface area contributed by atoms with Crippen LogP contribution in [0, 0.1) is 0 Å². The molecule has 0 spiro atoms. The van der Waals surface area contributed by atoms with Gasteiger partial charge in [-0.1, -0.05) is 6.08 Å². The molecular weight excluding hydrogens is 204 g/mol. The minimum Gasteiger partial charge on any atom is -0.317 e. The maximum Gasteiger partial charge on any atom is 0.0960 e. The number of aromatic nitrogens is 1. The van der Waals surface area contributed by atoms with Gasteiger partial charge in [-0.3, -0.25) is 0 Å². The molecule has 1 aliphatic rings. The van der Waals surface area contributed by atoms with Crippen LogP contribution in [0.15, 0.2) is 18.0 Å². The first-order valence-corrected chi connectivity index (χ1v) is 6.54. The van der Waals surface area contributed by atoms with Crippen LogP contribution in [0.25, 0.3) is 0 Å². The highest BCUT2D eigenvalue weighted by Gasteiger charge is 2.17. The Bertz CT molecular complexity index is 313. The van der Waals surface area contributed by atoms with Crippen molar-refractivity contribution in [2.24, 2.45) is 0 Å². The number of hydrogen-bond acceptors (Lipinski definition) is 3. The standard InChI is InChI=1S/C12H18N2S/c1-2-3-4-11-9-15-12(14-11)10-5-7-13-8-6-10/h2,9-10,13H,1,3-8H2. The Morgan fingerprint density at radius 3 is 3.07 bits per heavy atom. The van der Waals surface area contributed by atoms with Gasteiger partial charge in [-0.2, -0.15) is 0 Å². The fraction of sp³-hybridized carbons (Fsp3) is 0.583. The maximum absolute atomic E-state index is 4.71. The molecule has 1 N–H and O–H groups in total. The molecule has 15 heavy (non-hydrogen) atoms. The molecule has 1 aliphatic heterocycles. The second-order valence-electron chi connectivity index (χ2n) is 4.03. The molecule has 82 valence electrons. The van der Waals surface area contributed by atoms with Crippen LogP contribution in [0.1, 0.15) is 35.9 Å². The predicted octanol–water partition coefficient (Wildman–Crippen LogP) is 2.73. The van der Waals surface area contributed by atoms with Gasteiger partial charge >= 0.3 is 0 Å². The van der Waals surface area contributed by atoms with Gasteiger partial charge in [-0.15, -0.1) is 17.9 Å². The summed E-state index contributed by atoms with van der Waals surface area (Å²) in [6.45, 7) is 6.03. The summed E-state index contributed by atoms with van der Waals surface area (Å²) in [6.07, 6.45) is 6.53. The molecule has 2 rings (SSSR count). The summed E-state index contributed by atoms with van der Waals surface area (Å²) in [4.78, 5) is 4.71. The molecule has 0 saturated carbocycles. The number of allylic oxidation sites excluding steroid dienone is 1. The average molecular weight is 222 g/mol. The number of piperidine rings is 1. The van der Waals surface area contributed by atoms with Gasteiger partial charge in [0.15, 0.2) is 0 Å². The van der Waals surface area contributed by atoms with Crippen molar-refractivity contribution in [2.45, 2.75) is 31.6 Å². The van der Waals surface area contributed by atoms with Crippen LogP contribution in [-0.2, 0) is 6.42 Å². The minimum absolute atomic E-state index is 0.703. The molecule has 0 unspecified atom stereocenters. The lowest BCUT2D eigenvalue weighted by Gasteiger charge is -2.20. The lowest BCUT2D eigenvalue weighted by Crippen LogP contribution is -2.26. The van der Waals surface area contributed by atoms with Crippen LogP contribution >= 0.6 is 11.3 Å². The molecule has 1 saturated heterocycles. The van der Waals surface area contributed by atoms with Crippen LogP contribution in [0.3, 0.4) is 0 Å². The van der Waals surface area contributed by atoms with E-state index in [9.17, 15) is 0 Å². The SMILES string of the molecule is C=CCCc1csc(C2CCNCC2)n1. The molecule has 2 heterocycles. The average Bonchev–Trinajstić information content (AvgIpc) is 2.76. The zero-order valence-electron chi connectivity index (χ0n) is 9.04. The van der Waals surface area contributed by atoms with Crippen molar-refractivity contribution in [2.75, 3.05) is 13.1 Å². The molecule has 1 aromatic heterocycles. The van der Waals surface area contributed by atoms with Gasteiger partial charge < -0.3 is 5.32 Å². The molecule has 2 nitrogen and oxygen atoms in total. The molecule has 0 aromatic carbocycles. The summed E-state index contributed by atoms with van der Waals surface area (Å²) in [7, 11) is 0. The van der Waals surface area contributed by atoms with Crippen molar-refractivity contribution in [3.05, 3.63) is 28.7 Å². The Kier molecular flexibility index (Phi) is 3.92. The lowest BCUT2D eigenvalue weighted by atomic mass is 9.99. The van der Waals surface area contributed by atoms with Gasteiger partial charge in [0.2, 0.25) is 0 Å². The van der Waals surface area contributed by atoms with Gasteiger partial charge in [0.1, 0.15) is 0 Å². The molecule has 0 aliphatic carbocycles. The summed E-state index contributed by atoms with van der Waals surface area (Å²) < 4.78 is 0. The second kappa shape index (κ2) is 5.42. The predicted molar refractivity (Wildman–Crippen MR) is 65.5 cm³/mol. The van der Waals surface area contributed by atoms with Crippen LogP contribution in [-0.4, -0.2) is 18.1 Å². The van der Waals surface area contributed by atoms with E-state index in [0.29, 0.717) is 5.92 Å². The van der Waals surface area contributed by atoms with E-state index in [0.717, 1.165) is 25.9 Å². The first-order chi connectivity index (χ1) is 7.40. The zero-order valence-corrected chi connectivity index (χ0v) is 9.85. The Morgan fingerprint density at radius 2 is 2.33 bits per heavy atom. The molecule has 0 bridgehead atoms. The fourth-order valence-electron chi connectivity index (χ4n) is 1.94. The fourth-order valence-corrected chi connectivity index (χ4v) is 2.97. The van der Waals surface area contributed by atoms with Gasteiger partial charge in [0, 0.05) is 11.3 Å². The number of thiazole rings is 1. The van der Waals surface area contributed by atoms with E-state index < -0.39 is 0 Å². The number of rotatable bonds is 4. The third kappa shape index (κ3) is 2.89. The second-order valence-corrected chi connectivity index (χ2v) is 4.92. The van der Waals surface area contributed by atoms with Crippen molar-refractivity contribution < 1.29 is 0 Å². The Balaban J connectivity index is 1.95. The molecular formula is C12H18N2S. The topological polar surface area (TPSA) is 24.9 Å². The molecule has 1 fully saturated rings. The van der Waals surface area contributed by atoms with Gasteiger partial charge in [0.25, 0.3) is 0 Å². The van der Waals surface area contributed by atoms with Crippen LogP contribution < -0.4 is 5.32 Å². The van der Waals surface area contributed by atoms with E-state index >= 15 is 0 Å². The number of nitrogens with one attached hydrogen (secondary N) is 1. The Morgan fingerprint density at radius 1 is 1.53 bits per heavy atom. The minimum atomic E-state index is 0.703. The van der Waals surface area contributed by atoms with Gasteiger partial charge in [-0.05, 0) is 38.8 Å². The van der Waals surface area contributed by atoms with E-state index in [4.69, 9.17) is 4.98 Å². The van der Waals surface area contributed by atoms with Crippen LogP contribution in [0.2, 0.25) is 0 Å². The molecule has 1 aromatic rings. The highest BCUT2D eigenvalue weighted by Crippen LogP contribution is 2.28. The van der Waals surface area contributed by atoms with E-state index in [2.05, 4.69) is 17.3 Å². The molecule has 0 atom stereocenters. The highest BCUT2D eigenvalue weighted by molar-refractivity contribution is 7.09. The smallest absolute Gasteiger partial charge is 0.0960 e. The van der Waals surface area contributed by atoms with Gasteiger partial charge in [0.05, 0.1) is 10.7 Å². The first kappa shape index (κ1) is 10.8. The van der Waals surface area contributed by atoms with E-state index in [1.165, 1.54) is 23.5 Å². The van der Waals surface area contributed by atoms with Crippen molar-refractivity contribution >= 4 is 11.3 Å². The lowest BCUT2D eigenvalue weighted by molar-refractivity contribution is 0.458. The Labute approximate surface area is 95.4 Å². The molecule has 0 radical (unpaired) electrons. The van der Waals surface area contributed by atoms with Crippen LogP contribution in [0.4, 0.5) is 0 Å². The van der Waals surface area contributed by atoms with E-state index in [1.54, 1.807) is 0 Å². The highest BCUT2D eigenvalue weighted by atomic mass is 32.1. The summed E-state index contributed by atoms with van der Waals surface area (Å²) in [6, 6.07) is 0. The van der Waals surface area contributed by atoms with E-state index in [-0.39, 0.29) is 0 Å². The van der Waals surface area contributed by atoms with Crippen molar-refractivity contribution in [3.8, 4) is 0 Å². The number of nitrogens with zero attached hydrogens (tertiary/aromatic N) is 1. The van der Waals surface area contributed by atoms with E-state index in [1.807, 2.05) is 17.4 Å². The normalized spacial score (nSPS) is 17.9. The van der Waals surface area contributed by atoms with Crippen molar-refractivity contribution in [3.63, 3.8) is 0 Å². The third-order valence-electron chi connectivity index (χ3n) is 2.86. The Hall–Kier alpha value is -0.670. The summed E-state index contributed by atoms with van der Waals surface area (Å²) in [5.74, 6) is 0.703. The number of hydrogen-bond donors (Lipinski definition) is 1. The summed E-state index contributed by atoms with van der Waals surface area (Å²) in [5.41, 5.74) is 1.24. The quantitative estimate of drug-likeness (QED) is 0.792. The monoisotopic (exact) mass is 222 g/mol. The van der Waals surface area contributed by atoms with Gasteiger partial charge in [-0.25, -0.2) is 4.98 Å². The van der Waals surface area contributed by atoms with Crippen molar-refractivity contribution in [1.29, 1.82) is 0 Å².